The molecule has 7 heteroatoms. The van der Waals surface area contributed by atoms with Crippen LogP contribution >= 0.6 is 48.2 Å². The van der Waals surface area contributed by atoms with Gasteiger partial charge in [0.15, 0.2) is 5.16 Å². The highest BCUT2D eigenvalue weighted by molar-refractivity contribution is 7.99. The molecule has 3 rings (SSSR count). The summed E-state index contributed by atoms with van der Waals surface area (Å²) >= 11 is 8.37. The number of benzene rings is 1. The molecule has 1 saturated heterocycles. The molecule has 2 heterocycles. The molecule has 0 bridgehead atoms. The van der Waals surface area contributed by atoms with Gasteiger partial charge in [-0.2, -0.15) is 0 Å². The van der Waals surface area contributed by atoms with Crippen molar-refractivity contribution in [2.75, 3.05) is 13.1 Å². The van der Waals surface area contributed by atoms with E-state index >= 15 is 0 Å². The van der Waals surface area contributed by atoms with Gasteiger partial charge in [-0.3, -0.25) is 0 Å². The molecule has 0 saturated carbocycles. The molecule has 0 amide bonds. The Bertz CT molecular complexity index is 637. The summed E-state index contributed by atoms with van der Waals surface area (Å²) in [7, 11) is 0. The van der Waals surface area contributed by atoms with Crippen LogP contribution in [0.1, 0.15) is 51.0 Å². The van der Waals surface area contributed by atoms with Crippen LogP contribution in [0.15, 0.2) is 17.3 Å². The predicted molar refractivity (Wildman–Crippen MR) is 111 cm³/mol. The second kappa shape index (κ2) is 10.1. The number of rotatable bonds is 5. The fourth-order valence-electron chi connectivity index (χ4n) is 3.14. The SMILES string of the molecule is CCC(CC)Sc1nc2cc(Cl)c(C3CCNCC3)cc2[nH]1.Cl.Cl. The molecule has 24 heavy (non-hydrogen) atoms. The molecule has 2 N–H and O–H groups in total. The Morgan fingerprint density at radius 2 is 1.88 bits per heavy atom. The van der Waals surface area contributed by atoms with Crippen LogP contribution in [0.2, 0.25) is 5.02 Å². The van der Waals surface area contributed by atoms with Gasteiger partial charge < -0.3 is 10.3 Å². The largest absolute Gasteiger partial charge is 0.333 e. The van der Waals surface area contributed by atoms with E-state index in [0.29, 0.717) is 11.2 Å². The molecule has 1 aliphatic rings. The highest BCUT2D eigenvalue weighted by Crippen LogP contribution is 2.35. The van der Waals surface area contributed by atoms with Crippen LogP contribution < -0.4 is 5.32 Å². The zero-order valence-corrected chi connectivity index (χ0v) is 17.3. The Morgan fingerprint density at radius 1 is 1.21 bits per heavy atom. The summed E-state index contributed by atoms with van der Waals surface area (Å²) in [5, 5.41) is 5.92. The van der Waals surface area contributed by atoms with Gasteiger partial charge in [0.25, 0.3) is 0 Å². The minimum absolute atomic E-state index is 0. The summed E-state index contributed by atoms with van der Waals surface area (Å²) in [6, 6.07) is 4.25. The number of halogens is 3. The van der Waals surface area contributed by atoms with E-state index in [0.717, 1.165) is 47.1 Å². The molecule has 0 spiro atoms. The topological polar surface area (TPSA) is 40.7 Å². The summed E-state index contributed by atoms with van der Waals surface area (Å²) < 4.78 is 0. The van der Waals surface area contributed by atoms with Gasteiger partial charge in [0.05, 0.1) is 11.0 Å². The van der Waals surface area contributed by atoms with Crippen LogP contribution in [0.4, 0.5) is 0 Å². The average Bonchev–Trinajstić information content (AvgIpc) is 2.93. The van der Waals surface area contributed by atoms with Crippen LogP contribution in [0.3, 0.4) is 0 Å². The van der Waals surface area contributed by atoms with Gasteiger partial charge in [-0.1, -0.05) is 37.2 Å². The maximum Gasteiger partial charge on any atom is 0.166 e. The van der Waals surface area contributed by atoms with E-state index in [2.05, 4.69) is 30.2 Å². The first-order valence-electron chi connectivity index (χ1n) is 8.27. The van der Waals surface area contributed by atoms with E-state index in [1.54, 1.807) is 0 Å². The van der Waals surface area contributed by atoms with E-state index in [4.69, 9.17) is 16.6 Å². The second-order valence-electron chi connectivity index (χ2n) is 6.01. The lowest BCUT2D eigenvalue weighted by molar-refractivity contribution is 0.461. The van der Waals surface area contributed by atoms with Crippen molar-refractivity contribution in [3.05, 3.63) is 22.7 Å². The van der Waals surface area contributed by atoms with Gasteiger partial charge in [0.1, 0.15) is 0 Å². The van der Waals surface area contributed by atoms with E-state index in [1.807, 2.05) is 17.8 Å². The van der Waals surface area contributed by atoms with Gasteiger partial charge in [0.2, 0.25) is 0 Å². The van der Waals surface area contributed by atoms with Crippen molar-refractivity contribution in [1.29, 1.82) is 0 Å². The maximum absolute atomic E-state index is 6.53. The molecule has 0 atom stereocenters. The van der Waals surface area contributed by atoms with Crippen LogP contribution in [-0.4, -0.2) is 28.3 Å². The Kier molecular flexibility index (Phi) is 9.24. The van der Waals surface area contributed by atoms with Crippen molar-refractivity contribution in [3.63, 3.8) is 0 Å². The average molecular weight is 411 g/mol. The van der Waals surface area contributed by atoms with Crippen molar-refractivity contribution < 1.29 is 0 Å². The summed E-state index contributed by atoms with van der Waals surface area (Å²) in [5.74, 6) is 0.566. The van der Waals surface area contributed by atoms with Crippen molar-refractivity contribution in [2.24, 2.45) is 0 Å². The number of imidazole rings is 1. The number of nitrogens with zero attached hydrogens (tertiary/aromatic N) is 1. The molecule has 1 fully saturated rings. The van der Waals surface area contributed by atoms with Crippen LogP contribution in [-0.2, 0) is 0 Å². The molecule has 1 aromatic carbocycles. The van der Waals surface area contributed by atoms with Crippen molar-refractivity contribution in [3.8, 4) is 0 Å². The van der Waals surface area contributed by atoms with E-state index < -0.39 is 0 Å². The third kappa shape index (κ3) is 4.95. The quantitative estimate of drug-likeness (QED) is 0.611. The van der Waals surface area contributed by atoms with E-state index in [9.17, 15) is 0 Å². The smallest absolute Gasteiger partial charge is 0.166 e. The lowest BCUT2D eigenvalue weighted by Crippen LogP contribution is -2.26. The third-order valence-corrected chi connectivity index (χ3v) is 6.29. The lowest BCUT2D eigenvalue weighted by atomic mass is 9.90. The number of hydrogen-bond acceptors (Lipinski definition) is 3. The van der Waals surface area contributed by atoms with Crippen molar-refractivity contribution >= 4 is 59.2 Å². The Hall–Kier alpha value is -0.130. The first-order chi connectivity index (χ1) is 10.7. The number of aromatic amines is 1. The summed E-state index contributed by atoms with van der Waals surface area (Å²) in [5.41, 5.74) is 3.38. The fourth-order valence-corrected chi connectivity index (χ4v) is 4.42. The standard InChI is InChI=1S/C17H24ClN3S.2ClH/c1-3-12(4-2)22-17-20-15-9-13(11-5-7-19-8-6-11)14(18)10-16(15)21-17;;/h9-12,19H,3-8H2,1-2H3,(H,20,21);2*1H. The molecule has 0 unspecified atom stereocenters. The minimum Gasteiger partial charge on any atom is -0.333 e. The molecule has 2 aromatic rings. The molecular weight excluding hydrogens is 385 g/mol. The lowest BCUT2D eigenvalue weighted by Gasteiger charge is -2.23. The van der Waals surface area contributed by atoms with Crippen LogP contribution in [0, 0.1) is 0 Å². The van der Waals surface area contributed by atoms with Gasteiger partial charge in [-0.05, 0) is 62.4 Å². The number of thioether (sulfide) groups is 1. The molecule has 0 radical (unpaired) electrons. The number of H-pyrrole nitrogens is 1. The first kappa shape index (κ1) is 21.9. The summed E-state index contributed by atoms with van der Waals surface area (Å²) in [4.78, 5) is 8.19. The molecule has 0 aliphatic carbocycles. The van der Waals surface area contributed by atoms with Gasteiger partial charge in [-0.15, -0.1) is 24.8 Å². The first-order valence-corrected chi connectivity index (χ1v) is 9.53. The van der Waals surface area contributed by atoms with E-state index in [-0.39, 0.29) is 24.8 Å². The van der Waals surface area contributed by atoms with E-state index in [1.165, 1.54) is 18.4 Å². The fraction of sp³-hybridized carbons (Fsp3) is 0.588. The van der Waals surface area contributed by atoms with Gasteiger partial charge in [-0.25, -0.2) is 4.98 Å². The highest BCUT2D eigenvalue weighted by atomic mass is 35.5. The number of nitrogens with one attached hydrogen (secondary N) is 2. The Morgan fingerprint density at radius 3 is 2.50 bits per heavy atom. The zero-order valence-electron chi connectivity index (χ0n) is 14.1. The third-order valence-electron chi connectivity index (χ3n) is 4.55. The Balaban J connectivity index is 0.00000144. The minimum atomic E-state index is 0. The second-order valence-corrected chi connectivity index (χ2v) is 7.71. The number of fused-ring (bicyclic) bond motifs is 1. The van der Waals surface area contributed by atoms with Crippen LogP contribution in [0.25, 0.3) is 11.0 Å². The summed E-state index contributed by atoms with van der Waals surface area (Å²) in [6.07, 6.45) is 4.65. The normalized spacial score (nSPS) is 15.3. The molecular formula is C17H26Cl3N3S. The number of hydrogen-bond donors (Lipinski definition) is 2. The number of aromatic nitrogens is 2. The molecule has 136 valence electrons. The van der Waals surface area contributed by atoms with Gasteiger partial charge in [0, 0.05) is 10.3 Å². The zero-order chi connectivity index (χ0) is 15.5. The Labute approximate surface area is 165 Å². The molecule has 1 aliphatic heterocycles. The maximum atomic E-state index is 6.53. The predicted octanol–water partition coefficient (Wildman–Crippen LogP) is 5.81. The van der Waals surface area contributed by atoms with Crippen molar-refractivity contribution in [1.82, 2.24) is 15.3 Å². The highest BCUT2D eigenvalue weighted by Gasteiger charge is 2.19. The number of piperidine rings is 1. The monoisotopic (exact) mass is 409 g/mol. The van der Waals surface area contributed by atoms with Crippen molar-refractivity contribution in [2.45, 2.75) is 55.9 Å². The molecule has 1 aromatic heterocycles. The van der Waals surface area contributed by atoms with Crippen LogP contribution in [0.5, 0.6) is 0 Å². The van der Waals surface area contributed by atoms with Gasteiger partial charge >= 0.3 is 0 Å². The summed E-state index contributed by atoms with van der Waals surface area (Å²) in [6.45, 7) is 6.63. The molecule has 3 nitrogen and oxygen atoms in total.